The Labute approximate surface area is 144 Å². The number of nitrogens with one attached hydrogen (secondary N) is 1. The Morgan fingerprint density at radius 2 is 1.85 bits per heavy atom. The molecule has 2 aromatic rings. The maximum atomic E-state index is 12.7. The first kappa shape index (κ1) is 18.9. The van der Waals surface area contributed by atoms with E-state index in [0.717, 1.165) is 36.4 Å². The van der Waals surface area contributed by atoms with Crippen LogP contribution >= 0.6 is 0 Å². The molecule has 0 spiro atoms. The quantitative estimate of drug-likeness (QED) is 0.629. The average Bonchev–Trinajstić information content (AvgIpc) is 2.54. The molecule has 0 fully saturated rings. The number of nitrogens with zero attached hydrogens (tertiary/aromatic N) is 1. The van der Waals surface area contributed by atoms with Gasteiger partial charge in [-0.05, 0) is 36.8 Å². The number of hydrogen-bond donors (Lipinski definition) is 2. The fraction of sp³-hybridized carbons (Fsp3) is 0.125. The van der Waals surface area contributed by atoms with Crippen LogP contribution in [0.3, 0.4) is 0 Å². The van der Waals surface area contributed by atoms with Gasteiger partial charge in [0.2, 0.25) is 0 Å². The number of carbonyl (C=O) groups excluding carboxylic acids is 1. The summed E-state index contributed by atoms with van der Waals surface area (Å²) in [4.78, 5) is 33.7. The molecule has 26 heavy (non-hydrogen) atoms. The van der Waals surface area contributed by atoms with Gasteiger partial charge in [0.15, 0.2) is 0 Å². The first-order valence-electron chi connectivity index (χ1n) is 7.02. The standard InChI is InChI=1S/C16H11F3N2O5/c1-8-7-9(16(17,18)19)5-6-11(8)20-14(22)10-3-2-4-12(21(25)26)13(10)15(23)24/h2-7H,1H3,(H,20,22)(H,23,24). The molecule has 0 aromatic heterocycles. The Balaban J connectivity index is 2.42. The van der Waals surface area contributed by atoms with E-state index in [0.29, 0.717) is 0 Å². The van der Waals surface area contributed by atoms with Gasteiger partial charge in [-0.25, -0.2) is 4.79 Å². The molecule has 0 unspecified atom stereocenters. The normalized spacial score (nSPS) is 11.1. The molecule has 2 rings (SSSR count). The summed E-state index contributed by atoms with van der Waals surface area (Å²) >= 11 is 0. The Kier molecular flexibility index (Phi) is 4.96. The van der Waals surface area contributed by atoms with E-state index in [1.807, 2.05) is 0 Å². The monoisotopic (exact) mass is 368 g/mol. The van der Waals surface area contributed by atoms with E-state index in [9.17, 15) is 38.0 Å². The van der Waals surface area contributed by atoms with Crippen LogP contribution in [0.25, 0.3) is 0 Å². The third kappa shape index (κ3) is 3.79. The van der Waals surface area contributed by atoms with Crippen molar-refractivity contribution in [3.63, 3.8) is 0 Å². The number of rotatable bonds is 4. The number of aryl methyl sites for hydroxylation is 1. The molecule has 0 radical (unpaired) electrons. The van der Waals surface area contributed by atoms with Crippen LogP contribution in [0.4, 0.5) is 24.5 Å². The van der Waals surface area contributed by atoms with Crippen LogP contribution < -0.4 is 5.32 Å². The summed E-state index contributed by atoms with van der Waals surface area (Å²) < 4.78 is 38.0. The van der Waals surface area contributed by atoms with Gasteiger partial charge in [0.05, 0.1) is 16.1 Å². The van der Waals surface area contributed by atoms with Crippen molar-refractivity contribution in [2.45, 2.75) is 13.1 Å². The minimum Gasteiger partial charge on any atom is -0.477 e. The smallest absolute Gasteiger partial charge is 0.416 e. The first-order valence-corrected chi connectivity index (χ1v) is 7.02. The van der Waals surface area contributed by atoms with E-state index in [-0.39, 0.29) is 11.3 Å². The van der Waals surface area contributed by atoms with Crippen molar-refractivity contribution in [1.82, 2.24) is 0 Å². The van der Waals surface area contributed by atoms with Gasteiger partial charge in [-0.1, -0.05) is 6.07 Å². The molecular formula is C16H11F3N2O5. The van der Waals surface area contributed by atoms with Gasteiger partial charge in [0.25, 0.3) is 11.6 Å². The van der Waals surface area contributed by atoms with Crippen molar-refractivity contribution in [3.05, 3.63) is 68.8 Å². The summed E-state index contributed by atoms with van der Waals surface area (Å²) in [5, 5.41) is 22.4. The van der Waals surface area contributed by atoms with Crippen molar-refractivity contribution < 1.29 is 32.8 Å². The lowest BCUT2D eigenvalue weighted by Gasteiger charge is -2.13. The Bertz CT molecular complexity index is 909. The number of nitro groups is 1. The fourth-order valence-corrected chi connectivity index (χ4v) is 2.28. The summed E-state index contributed by atoms with van der Waals surface area (Å²) in [6, 6.07) is 5.75. The Morgan fingerprint density at radius 1 is 1.19 bits per heavy atom. The second-order valence-corrected chi connectivity index (χ2v) is 5.24. The van der Waals surface area contributed by atoms with E-state index in [1.54, 1.807) is 0 Å². The molecule has 0 heterocycles. The lowest BCUT2D eigenvalue weighted by atomic mass is 10.0. The molecule has 136 valence electrons. The van der Waals surface area contributed by atoms with E-state index in [4.69, 9.17) is 0 Å². The zero-order valence-electron chi connectivity index (χ0n) is 13.1. The first-order chi connectivity index (χ1) is 12.0. The highest BCUT2D eigenvalue weighted by Gasteiger charge is 2.31. The van der Waals surface area contributed by atoms with Crippen LogP contribution in [0.2, 0.25) is 0 Å². The fourth-order valence-electron chi connectivity index (χ4n) is 2.28. The van der Waals surface area contributed by atoms with Crippen LogP contribution in [0.1, 0.15) is 31.8 Å². The van der Waals surface area contributed by atoms with Gasteiger partial charge in [-0.3, -0.25) is 14.9 Å². The number of carboxylic acids is 1. The molecule has 0 aliphatic carbocycles. The van der Waals surface area contributed by atoms with E-state index in [2.05, 4.69) is 5.32 Å². The molecular weight excluding hydrogens is 357 g/mol. The van der Waals surface area contributed by atoms with Crippen LogP contribution in [-0.2, 0) is 6.18 Å². The molecule has 0 saturated heterocycles. The van der Waals surface area contributed by atoms with Gasteiger partial charge >= 0.3 is 12.1 Å². The number of alkyl halides is 3. The van der Waals surface area contributed by atoms with Gasteiger partial charge in [-0.15, -0.1) is 0 Å². The third-order valence-electron chi connectivity index (χ3n) is 3.50. The average molecular weight is 368 g/mol. The highest BCUT2D eigenvalue weighted by molar-refractivity contribution is 6.12. The van der Waals surface area contributed by atoms with Gasteiger partial charge in [-0.2, -0.15) is 13.2 Å². The van der Waals surface area contributed by atoms with Crippen molar-refractivity contribution in [3.8, 4) is 0 Å². The predicted octanol–water partition coefficient (Wildman–Crippen LogP) is 3.87. The topological polar surface area (TPSA) is 110 Å². The number of nitro benzene ring substituents is 1. The summed E-state index contributed by atoms with van der Waals surface area (Å²) in [5.41, 5.74) is -2.85. The molecule has 2 aromatic carbocycles. The van der Waals surface area contributed by atoms with Crippen molar-refractivity contribution in [2.24, 2.45) is 0 Å². The lowest BCUT2D eigenvalue weighted by molar-refractivity contribution is -0.385. The molecule has 0 saturated carbocycles. The molecule has 1 amide bonds. The van der Waals surface area contributed by atoms with Crippen LogP contribution in [0.5, 0.6) is 0 Å². The third-order valence-corrected chi connectivity index (χ3v) is 3.50. The molecule has 2 N–H and O–H groups in total. The second kappa shape index (κ2) is 6.82. The number of hydrogen-bond acceptors (Lipinski definition) is 4. The van der Waals surface area contributed by atoms with Gasteiger partial charge < -0.3 is 10.4 Å². The number of aromatic carboxylic acids is 1. The summed E-state index contributed by atoms with van der Waals surface area (Å²) in [7, 11) is 0. The molecule has 0 aliphatic rings. The number of anilines is 1. The number of carbonyl (C=O) groups is 2. The number of amides is 1. The maximum absolute atomic E-state index is 12.7. The summed E-state index contributed by atoms with van der Waals surface area (Å²) in [5.74, 6) is -2.67. The van der Waals surface area contributed by atoms with Gasteiger partial charge in [0, 0.05) is 11.8 Å². The van der Waals surface area contributed by atoms with Crippen LogP contribution in [0.15, 0.2) is 36.4 Å². The number of benzene rings is 2. The Hall–Kier alpha value is -3.43. The minimum absolute atomic E-state index is 0.0193. The molecule has 0 aliphatic heterocycles. The highest BCUT2D eigenvalue weighted by Crippen LogP contribution is 2.32. The van der Waals surface area contributed by atoms with Crippen LogP contribution in [-0.4, -0.2) is 21.9 Å². The van der Waals surface area contributed by atoms with Crippen LogP contribution in [0, 0.1) is 17.0 Å². The van der Waals surface area contributed by atoms with Crippen molar-refractivity contribution in [2.75, 3.05) is 5.32 Å². The maximum Gasteiger partial charge on any atom is 0.416 e. The molecule has 7 nitrogen and oxygen atoms in total. The number of carboxylic acid groups (broad SMARTS) is 1. The van der Waals surface area contributed by atoms with E-state index < -0.39 is 45.4 Å². The predicted molar refractivity (Wildman–Crippen MR) is 84.2 cm³/mol. The largest absolute Gasteiger partial charge is 0.477 e. The van der Waals surface area contributed by atoms with E-state index in [1.165, 1.54) is 6.92 Å². The zero-order chi connectivity index (χ0) is 19.6. The summed E-state index contributed by atoms with van der Waals surface area (Å²) in [6.07, 6.45) is -4.55. The Morgan fingerprint density at radius 3 is 2.35 bits per heavy atom. The molecule has 0 bridgehead atoms. The van der Waals surface area contributed by atoms with Crippen molar-refractivity contribution >= 4 is 23.3 Å². The lowest BCUT2D eigenvalue weighted by Crippen LogP contribution is -2.18. The molecule has 10 heteroatoms. The molecule has 0 atom stereocenters. The van der Waals surface area contributed by atoms with Crippen molar-refractivity contribution in [1.29, 1.82) is 0 Å². The summed E-state index contributed by atoms with van der Waals surface area (Å²) in [6.45, 7) is 1.33. The SMILES string of the molecule is Cc1cc(C(F)(F)F)ccc1NC(=O)c1cccc([N+](=O)[O-])c1C(=O)O. The second-order valence-electron chi connectivity index (χ2n) is 5.24. The van der Waals surface area contributed by atoms with Gasteiger partial charge in [0.1, 0.15) is 5.56 Å². The zero-order valence-corrected chi connectivity index (χ0v) is 13.1. The minimum atomic E-state index is -4.55. The number of halogens is 3. The highest BCUT2D eigenvalue weighted by atomic mass is 19.4. The van der Waals surface area contributed by atoms with E-state index >= 15 is 0 Å².